The minimum atomic E-state index is -0.953. The molecule has 0 amide bonds. The summed E-state index contributed by atoms with van der Waals surface area (Å²) in [5.74, 6) is 4.99. The monoisotopic (exact) mass is 326 g/mol. The fourth-order valence-corrected chi connectivity index (χ4v) is 6.00. The largest absolute Gasteiger partial charge is 0.504 e. The van der Waals surface area contributed by atoms with E-state index in [4.69, 9.17) is 11.2 Å². The van der Waals surface area contributed by atoms with Gasteiger partial charge >= 0.3 is 0 Å². The smallest absolute Gasteiger partial charge is 0.160 e. The Morgan fingerprint density at radius 3 is 2.75 bits per heavy atom. The average molecular weight is 326 g/mol. The molecule has 0 spiro atoms. The second kappa shape index (κ2) is 5.17. The van der Waals surface area contributed by atoms with Gasteiger partial charge in [-0.3, -0.25) is 0 Å². The SMILES string of the molecule is C#C[C@@]1(O)CC[C@H]2[C@@H]3CCc4cc(OC)c(O)cc4[C@H]3CC[C@@]21C. The van der Waals surface area contributed by atoms with Crippen LogP contribution in [0, 0.1) is 29.6 Å². The van der Waals surface area contributed by atoms with Gasteiger partial charge in [0.2, 0.25) is 0 Å². The fourth-order valence-electron chi connectivity index (χ4n) is 6.00. The van der Waals surface area contributed by atoms with Crippen molar-refractivity contribution >= 4 is 0 Å². The first kappa shape index (κ1) is 15.8. The Hall–Kier alpha value is -1.66. The van der Waals surface area contributed by atoms with E-state index in [0.29, 0.717) is 29.9 Å². The molecule has 0 bridgehead atoms. The summed E-state index contributed by atoms with van der Waals surface area (Å²) in [7, 11) is 1.60. The Labute approximate surface area is 144 Å². The Bertz CT molecular complexity index is 719. The van der Waals surface area contributed by atoms with Crippen molar-refractivity contribution in [2.75, 3.05) is 7.11 Å². The maximum absolute atomic E-state index is 11.0. The summed E-state index contributed by atoms with van der Waals surface area (Å²) in [6.45, 7) is 2.20. The number of hydrogen-bond acceptors (Lipinski definition) is 3. The van der Waals surface area contributed by atoms with E-state index < -0.39 is 5.60 Å². The predicted molar refractivity (Wildman–Crippen MR) is 93.1 cm³/mol. The molecular formula is C21H26O3. The minimum Gasteiger partial charge on any atom is -0.504 e. The van der Waals surface area contributed by atoms with Gasteiger partial charge in [0.1, 0.15) is 5.60 Å². The normalized spacial score (nSPS) is 40.2. The number of aryl methyl sites for hydroxylation is 1. The van der Waals surface area contributed by atoms with Crippen molar-refractivity contribution in [3.63, 3.8) is 0 Å². The van der Waals surface area contributed by atoms with E-state index in [1.54, 1.807) is 7.11 Å². The van der Waals surface area contributed by atoms with Gasteiger partial charge in [0, 0.05) is 5.41 Å². The summed E-state index contributed by atoms with van der Waals surface area (Å²) in [5, 5.41) is 21.2. The van der Waals surface area contributed by atoms with Gasteiger partial charge in [-0.15, -0.1) is 6.42 Å². The molecule has 0 radical (unpaired) electrons. The first-order chi connectivity index (χ1) is 11.4. The van der Waals surface area contributed by atoms with Gasteiger partial charge in [0.25, 0.3) is 0 Å². The Morgan fingerprint density at radius 1 is 1.25 bits per heavy atom. The number of ether oxygens (including phenoxy) is 1. The van der Waals surface area contributed by atoms with Crippen LogP contribution in [0.2, 0.25) is 0 Å². The average Bonchev–Trinajstić information content (AvgIpc) is 2.86. The van der Waals surface area contributed by atoms with E-state index >= 15 is 0 Å². The molecule has 24 heavy (non-hydrogen) atoms. The maximum Gasteiger partial charge on any atom is 0.160 e. The lowest BCUT2D eigenvalue weighted by atomic mass is 9.53. The van der Waals surface area contributed by atoms with Gasteiger partial charge in [0.05, 0.1) is 7.11 Å². The van der Waals surface area contributed by atoms with Crippen LogP contribution in [0.5, 0.6) is 11.5 Å². The summed E-state index contributed by atoms with van der Waals surface area (Å²) in [6, 6.07) is 3.91. The highest BCUT2D eigenvalue weighted by Gasteiger charge is 2.61. The standard InChI is InChI=1S/C21H26O3/c1-4-21(23)10-8-17-15-6-5-13-11-19(24-3)18(22)12-16(13)14(15)7-9-20(17,21)2/h1,11-12,14-15,17,22-23H,5-10H2,2-3H3/t14-,15+,17-,20-,21+/m0/s1. The highest BCUT2D eigenvalue weighted by molar-refractivity contribution is 5.49. The summed E-state index contributed by atoms with van der Waals surface area (Å²) < 4.78 is 5.27. The zero-order chi connectivity index (χ0) is 17.1. The molecule has 5 atom stereocenters. The molecular weight excluding hydrogens is 300 g/mol. The number of phenols is 1. The molecule has 0 saturated heterocycles. The zero-order valence-corrected chi connectivity index (χ0v) is 14.5. The van der Waals surface area contributed by atoms with Crippen molar-refractivity contribution in [1.29, 1.82) is 0 Å². The summed E-state index contributed by atoms with van der Waals surface area (Å²) in [6.07, 6.45) is 11.6. The van der Waals surface area contributed by atoms with Gasteiger partial charge in [-0.1, -0.05) is 12.8 Å². The van der Waals surface area contributed by atoms with Crippen LogP contribution in [0.4, 0.5) is 0 Å². The van der Waals surface area contributed by atoms with Crippen molar-refractivity contribution in [2.24, 2.45) is 17.3 Å². The third-order valence-corrected chi connectivity index (χ3v) is 7.41. The van der Waals surface area contributed by atoms with Crippen molar-refractivity contribution in [3.8, 4) is 23.8 Å². The molecule has 3 heteroatoms. The van der Waals surface area contributed by atoms with Crippen LogP contribution in [-0.2, 0) is 6.42 Å². The molecule has 2 fully saturated rings. The number of hydrogen-bond donors (Lipinski definition) is 2. The van der Waals surface area contributed by atoms with Crippen LogP contribution < -0.4 is 4.74 Å². The van der Waals surface area contributed by atoms with E-state index in [1.165, 1.54) is 11.1 Å². The predicted octanol–water partition coefficient (Wildman–Crippen LogP) is 3.62. The fraction of sp³-hybridized carbons (Fsp3) is 0.619. The lowest BCUT2D eigenvalue weighted by molar-refractivity contribution is -0.0647. The molecule has 3 aliphatic rings. The van der Waals surface area contributed by atoms with Crippen molar-refractivity contribution in [3.05, 3.63) is 23.3 Å². The molecule has 1 aromatic carbocycles. The number of methoxy groups -OCH3 is 1. The number of fused-ring (bicyclic) bond motifs is 5. The molecule has 2 N–H and O–H groups in total. The molecule has 3 aliphatic carbocycles. The van der Waals surface area contributed by atoms with Crippen molar-refractivity contribution in [2.45, 2.75) is 57.0 Å². The second-order valence-electron chi connectivity index (χ2n) is 8.14. The molecule has 1 aromatic rings. The number of phenolic OH excluding ortho intramolecular Hbond substituents is 1. The maximum atomic E-state index is 11.0. The zero-order valence-electron chi connectivity index (χ0n) is 14.5. The third-order valence-electron chi connectivity index (χ3n) is 7.41. The van der Waals surface area contributed by atoms with Crippen LogP contribution >= 0.6 is 0 Å². The van der Waals surface area contributed by atoms with E-state index in [2.05, 4.69) is 12.8 Å². The van der Waals surface area contributed by atoms with Gasteiger partial charge in [-0.2, -0.15) is 0 Å². The number of terminal acetylenes is 1. The lowest BCUT2D eigenvalue weighted by Crippen LogP contribution is -2.50. The van der Waals surface area contributed by atoms with Gasteiger partial charge in [-0.25, -0.2) is 0 Å². The Morgan fingerprint density at radius 2 is 2.04 bits per heavy atom. The Balaban J connectivity index is 1.72. The number of aromatic hydroxyl groups is 1. The van der Waals surface area contributed by atoms with E-state index in [0.717, 1.165) is 32.1 Å². The number of rotatable bonds is 1. The number of benzene rings is 1. The Kier molecular flexibility index (Phi) is 3.41. The molecule has 3 nitrogen and oxygen atoms in total. The highest BCUT2D eigenvalue weighted by atomic mass is 16.5. The lowest BCUT2D eigenvalue weighted by Gasteiger charge is -2.52. The van der Waals surface area contributed by atoms with Gasteiger partial charge in [-0.05, 0) is 79.5 Å². The molecule has 0 aliphatic heterocycles. The highest BCUT2D eigenvalue weighted by Crippen LogP contribution is 2.64. The van der Waals surface area contributed by atoms with E-state index in [-0.39, 0.29) is 11.2 Å². The summed E-state index contributed by atoms with van der Waals surface area (Å²) in [4.78, 5) is 0. The molecule has 128 valence electrons. The van der Waals surface area contributed by atoms with Crippen molar-refractivity contribution < 1.29 is 14.9 Å². The second-order valence-corrected chi connectivity index (χ2v) is 8.14. The molecule has 0 heterocycles. The van der Waals surface area contributed by atoms with E-state index in [9.17, 15) is 10.2 Å². The molecule has 0 aromatic heterocycles. The first-order valence-electron chi connectivity index (χ1n) is 9.03. The van der Waals surface area contributed by atoms with Gasteiger partial charge in [0.15, 0.2) is 11.5 Å². The summed E-state index contributed by atoms with van der Waals surface area (Å²) in [5.41, 5.74) is 1.46. The van der Waals surface area contributed by atoms with Crippen LogP contribution in [-0.4, -0.2) is 22.9 Å². The van der Waals surface area contributed by atoms with Crippen molar-refractivity contribution in [1.82, 2.24) is 0 Å². The third kappa shape index (κ3) is 1.90. The van der Waals surface area contributed by atoms with Crippen LogP contribution in [0.3, 0.4) is 0 Å². The summed E-state index contributed by atoms with van der Waals surface area (Å²) >= 11 is 0. The first-order valence-corrected chi connectivity index (χ1v) is 9.03. The molecule has 0 unspecified atom stereocenters. The molecule has 2 saturated carbocycles. The van der Waals surface area contributed by atoms with E-state index in [1.807, 2.05) is 12.1 Å². The van der Waals surface area contributed by atoms with Crippen LogP contribution in [0.25, 0.3) is 0 Å². The van der Waals surface area contributed by atoms with Crippen LogP contribution in [0.15, 0.2) is 12.1 Å². The van der Waals surface area contributed by atoms with Crippen LogP contribution in [0.1, 0.15) is 56.1 Å². The molecule has 4 rings (SSSR count). The topological polar surface area (TPSA) is 49.7 Å². The number of aliphatic hydroxyl groups is 1. The van der Waals surface area contributed by atoms with Gasteiger partial charge < -0.3 is 14.9 Å². The quantitative estimate of drug-likeness (QED) is 0.775. The minimum absolute atomic E-state index is 0.172.